The standard InChI is InChI=1S/C28H24INO4/c31-26-25(27(32)34-28(33-26)19-12-16-11-17(14-19)15-20(28)13-16)29-21-7-5-18(6-8-21)22-9-10-30-24-4-2-1-3-23(22)24/h1-10,16-17,19-20H,11-15H2. The number of aromatic nitrogens is 1. The van der Waals surface area contributed by atoms with E-state index in [2.05, 4.69) is 23.2 Å². The molecule has 5 nitrogen and oxygen atoms in total. The van der Waals surface area contributed by atoms with E-state index in [1.165, 1.54) is 6.42 Å². The van der Waals surface area contributed by atoms with Gasteiger partial charge in [0, 0.05) is 27.0 Å². The molecule has 3 aromatic rings. The lowest BCUT2D eigenvalue weighted by Gasteiger charge is -2.59. The van der Waals surface area contributed by atoms with Gasteiger partial charge in [0.05, 0.1) is 5.52 Å². The highest BCUT2D eigenvalue weighted by atomic mass is 127. The summed E-state index contributed by atoms with van der Waals surface area (Å²) in [5, 5.41) is 1.10. The Morgan fingerprint density at radius 3 is 2.12 bits per heavy atom. The molecule has 0 atom stereocenters. The van der Waals surface area contributed by atoms with Gasteiger partial charge >= 0.3 is 11.9 Å². The highest BCUT2D eigenvalue weighted by Gasteiger charge is 2.64. The van der Waals surface area contributed by atoms with Gasteiger partial charge in [-0.1, -0.05) is 51.1 Å². The number of hydrogen-bond acceptors (Lipinski definition) is 5. The average molecular weight is 565 g/mol. The second kappa shape index (κ2) is 7.70. The van der Waals surface area contributed by atoms with Crippen LogP contribution in [0.5, 0.6) is 0 Å². The van der Waals surface area contributed by atoms with Gasteiger partial charge in [0.1, 0.15) is 0 Å². The molecule has 8 rings (SSSR count). The van der Waals surface area contributed by atoms with Gasteiger partial charge < -0.3 is 9.47 Å². The van der Waals surface area contributed by atoms with E-state index < -0.39 is 38.5 Å². The summed E-state index contributed by atoms with van der Waals surface area (Å²) in [6.07, 6.45) is 7.18. The molecule has 0 amide bonds. The third-order valence-corrected chi connectivity index (χ3v) is 10.9. The Morgan fingerprint density at radius 1 is 0.794 bits per heavy atom. The van der Waals surface area contributed by atoms with Crippen LogP contribution in [0.1, 0.15) is 32.1 Å². The molecule has 1 spiro atoms. The summed E-state index contributed by atoms with van der Waals surface area (Å²) in [5.74, 6) is -0.127. The Kier molecular flexibility index (Phi) is 4.70. The third-order valence-electron chi connectivity index (χ3n) is 8.15. The van der Waals surface area contributed by atoms with Crippen LogP contribution in [-0.2, 0) is 19.1 Å². The minimum Gasteiger partial charge on any atom is -0.418 e. The molecule has 1 aromatic heterocycles. The first-order valence-electron chi connectivity index (χ1n) is 12.0. The summed E-state index contributed by atoms with van der Waals surface area (Å²) < 4.78 is 13.3. The summed E-state index contributed by atoms with van der Waals surface area (Å²) in [7, 11) is 0. The van der Waals surface area contributed by atoms with Gasteiger partial charge in [0.2, 0.25) is 0 Å². The Balaban J connectivity index is 1.16. The maximum Gasteiger partial charge on any atom is 0.354 e. The van der Waals surface area contributed by atoms with Gasteiger partial charge in [-0.05, 0) is 79.3 Å². The topological polar surface area (TPSA) is 65.5 Å². The molecule has 0 radical (unpaired) electrons. The molecule has 4 saturated carbocycles. The van der Waals surface area contributed by atoms with E-state index in [1.807, 2.05) is 42.6 Å². The number of carbonyl (C=O) groups excluding carboxylic acids is 2. The first kappa shape index (κ1) is 20.7. The fourth-order valence-corrected chi connectivity index (χ4v) is 8.89. The van der Waals surface area contributed by atoms with Crippen molar-refractivity contribution >= 4 is 47.1 Å². The van der Waals surface area contributed by atoms with Gasteiger partial charge in [-0.15, -0.1) is 0 Å². The Morgan fingerprint density at radius 2 is 1.44 bits per heavy atom. The molecule has 1 saturated heterocycles. The predicted molar refractivity (Wildman–Crippen MR) is 137 cm³/mol. The number of ether oxygens (including phenoxy) is 2. The number of para-hydroxylation sites is 1. The van der Waals surface area contributed by atoms with Crippen LogP contribution in [0.25, 0.3) is 22.0 Å². The summed E-state index contributed by atoms with van der Waals surface area (Å²) in [4.78, 5) is 30.6. The summed E-state index contributed by atoms with van der Waals surface area (Å²) in [6.45, 7) is 0. The molecule has 0 unspecified atom stereocenters. The monoisotopic (exact) mass is 565 g/mol. The number of hydrogen-bond donors (Lipinski definition) is 0. The van der Waals surface area contributed by atoms with Crippen LogP contribution in [0, 0.1) is 27.2 Å². The molecule has 172 valence electrons. The van der Waals surface area contributed by atoms with Gasteiger partial charge in [-0.3, -0.25) is 4.98 Å². The Labute approximate surface area is 207 Å². The number of halogens is 1. The maximum atomic E-state index is 13.1. The van der Waals surface area contributed by atoms with E-state index in [-0.39, 0.29) is 15.3 Å². The van der Waals surface area contributed by atoms with Crippen molar-refractivity contribution in [3.8, 4) is 11.1 Å². The van der Waals surface area contributed by atoms with E-state index in [0.29, 0.717) is 11.8 Å². The van der Waals surface area contributed by atoms with Crippen molar-refractivity contribution in [2.24, 2.45) is 23.7 Å². The van der Waals surface area contributed by atoms with Gasteiger partial charge in [0.15, 0.2) is 3.51 Å². The number of nitrogens with zero attached hydrogens (tertiary/aromatic N) is 1. The van der Waals surface area contributed by atoms with Crippen LogP contribution in [0.4, 0.5) is 0 Å². The SMILES string of the molecule is O=C1OC2(OC(=O)C1=Ic1ccc(-c3ccnc4ccccc34)cc1)C1CC3CC(C1)CC2C3. The average Bonchev–Trinajstić information content (AvgIpc) is 2.84. The summed E-state index contributed by atoms with van der Waals surface area (Å²) in [5.41, 5.74) is 3.15. The van der Waals surface area contributed by atoms with Crippen molar-refractivity contribution in [1.29, 1.82) is 0 Å². The molecule has 2 aromatic carbocycles. The zero-order chi connectivity index (χ0) is 22.9. The fraction of sp³-hybridized carbons (Fsp3) is 0.357. The first-order chi connectivity index (χ1) is 16.6. The molecule has 1 aliphatic heterocycles. The fourth-order valence-electron chi connectivity index (χ4n) is 6.88. The molecular weight excluding hydrogens is 541 g/mol. The second-order valence-corrected chi connectivity index (χ2v) is 13.0. The zero-order valence-electron chi connectivity index (χ0n) is 18.6. The number of carbonyl (C=O) groups is 2. The van der Waals surface area contributed by atoms with E-state index in [4.69, 9.17) is 9.47 Å². The second-order valence-electron chi connectivity index (χ2n) is 10.1. The number of esters is 2. The molecule has 5 aliphatic rings. The highest BCUT2D eigenvalue weighted by molar-refractivity contribution is 14.2. The molecule has 34 heavy (non-hydrogen) atoms. The van der Waals surface area contributed by atoms with Gasteiger partial charge in [-0.25, -0.2) is 9.59 Å². The number of pyridine rings is 1. The van der Waals surface area contributed by atoms with Crippen LogP contribution >= 0.6 is 20.7 Å². The van der Waals surface area contributed by atoms with Crippen molar-refractivity contribution in [3.63, 3.8) is 0 Å². The molecule has 6 heteroatoms. The zero-order valence-corrected chi connectivity index (χ0v) is 20.7. The van der Waals surface area contributed by atoms with Crippen molar-refractivity contribution in [2.45, 2.75) is 37.9 Å². The minimum atomic E-state index is -0.999. The van der Waals surface area contributed by atoms with E-state index in [9.17, 15) is 9.59 Å². The van der Waals surface area contributed by atoms with Crippen LogP contribution in [0.15, 0.2) is 60.8 Å². The molecular formula is C28H24INO4. The number of benzene rings is 2. The van der Waals surface area contributed by atoms with Crippen LogP contribution in [-0.4, -0.2) is 26.2 Å². The van der Waals surface area contributed by atoms with Gasteiger partial charge in [-0.2, -0.15) is 0 Å². The highest BCUT2D eigenvalue weighted by Crippen LogP contribution is 2.60. The molecule has 2 heterocycles. The quantitative estimate of drug-likeness (QED) is 0.305. The largest absolute Gasteiger partial charge is 0.418 e. The summed E-state index contributed by atoms with van der Waals surface area (Å²) in [6, 6.07) is 18.2. The number of fused-ring (bicyclic) bond motifs is 1. The lowest BCUT2D eigenvalue weighted by atomic mass is 9.53. The Bertz CT molecular complexity index is 1310. The van der Waals surface area contributed by atoms with Gasteiger partial charge in [0.25, 0.3) is 5.79 Å². The van der Waals surface area contributed by atoms with E-state index in [1.54, 1.807) is 0 Å². The summed E-state index contributed by atoms with van der Waals surface area (Å²) >= 11 is -0.993. The van der Waals surface area contributed by atoms with E-state index in [0.717, 1.165) is 51.3 Å². The van der Waals surface area contributed by atoms with Crippen molar-refractivity contribution in [1.82, 2.24) is 4.98 Å². The Hall–Kier alpha value is -2.61. The molecule has 4 bridgehead atoms. The normalized spacial score (nSPS) is 31.7. The first-order valence-corrected chi connectivity index (χ1v) is 14.2. The minimum absolute atomic E-state index is 0.172. The lowest BCUT2D eigenvalue weighted by Crippen LogP contribution is -2.65. The van der Waals surface area contributed by atoms with Crippen molar-refractivity contribution < 1.29 is 19.1 Å². The lowest BCUT2D eigenvalue weighted by molar-refractivity contribution is -0.308. The van der Waals surface area contributed by atoms with E-state index >= 15 is 0 Å². The van der Waals surface area contributed by atoms with Crippen LogP contribution in [0.3, 0.4) is 0 Å². The molecule has 4 aliphatic carbocycles. The van der Waals surface area contributed by atoms with Crippen molar-refractivity contribution in [2.75, 3.05) is 0 Å². The van der Waals surface area contributed by atoms with Crippen LogP contribution < -0.4 is 0 Å². The maximum absolute atomic E-state index is 13.1. The van der Waals surface area contributed by atoms with Crippen molar-refractivity contribution in [3.05, 3.63) is 64.4 Å². The molecule has 5 fully saturated rings. The third kappa shape index (κ3) is 3.17. The smallest absolute Gasteiger partial charge is 0.354 e. The van der Waals surface area contributed by atoms with Crippen LogP contribution in [0.2, 0.25) is 0 Å². The molecule has 0 N–H and O–H groups in total. The number of rotatable bonds is 2. The predicted octanol–water partition coefficient (Wildman–Crippen LogP) is 5.47.